The molecule has 0 amide bonds. The Morgan fingerprint density at radius 3 is 1.75 bits per heavy atom. The normalized spacial score (nSPS) is 11.2. The first kappa shape index (κ1) is 14.1. The second-order valence-corrected chi connectivity index (χ2v) is 4.13. The summed E-state index contributed by atoms with van der Waals surface area (Å²) in [6.45, 7) is 0. The minimum atomic E-state index is -4.40. The fourth-order valence-electron chi connectivity index (χ4n) is 1.72. The Morgan fingerprint density at radius 2 is 1.35 bits per heavy atom. The average molecular weight is 280 g/mol. The van der Waals surface area contributed by atoms with Crippen molar-refractivity contribution in [3.8, 4) is 5.75 Å². The lowest BCUT2D eigenvalue weighted by atomic mass is 10.0. The summed E-state index contributed by atoms with van der Waals surface area (Å²) in [6.07, 6.45) is -4.40. The first-order valence-electron chi connectivity index (χ1n) is 5.78. The van der Waals surface area contributed by atoms with Crippen molar-refractivity contribution in [2.24, 2.45) is 0 Å². The lowest BCUT2D eigenvalue weighted by molar-refractivity contribution is -0.137. The van der Waals surface area contributed by atoms with Crippen LogP contribution in [0.25, 0.3) is 0 Å². The summed E-state index contributed by atoms with van der Waals surface area (Å²) < 4.78 is 42.3. The van der Waals surface area contributed by atoms with Gasteiger partial charge in [-0.2, -0.15) is 13.2 Å². The number of benzene rings is 2. The maximum Gasteiger partial charge on any atom is 0.416 e. The number of carbonyl (C=O) groups excluding carboxylic acids is 1. The van der Waals surface area contributed by atoms with Gasteiger partial charge in [0.1, 0.15) is 5.75 Å². The van der Waals surface area contributed by atoms with Gasteiger partial charge in [-0.15, -0.1) is 0 Å². The van der Waals surface area contributed by atoms with Gasteiger partial charge >= 0.3 is 6.18 Å². The van der Waals surface area contributed by atoms with E-state index >= 15 is 0 Å². The summed E-state index contributed by atoms with van der Waals surface area (Å²) in [5, 5.41) is 0. The second kappa shape index (κ2) is 5.36. The summed E-state index contributed by atoms with van der Waals surface area (Å²) in [5.41, 5.74) is -0.169. The molecule has 20 heavy (non-hydrogen) atoms. The van der Waals surface area contributed by atoms with Crippen LogP contribution in [-0.2, 0) is 6.18 Å². The SMILES string of the molecule is COc1ccc(C(=O)c2ccc(C(F)(F)F)cc2)cc1. The lowest BCUT2D eigenvalue weighted by Gasteiger charge is -2.07. The number of methoxy groups -OCH3 is 1. The van der Waals surface area contributed by atoms with Gasteiger partial charge in [0.15, 0.2) is 5.78 Å². The van der Waals surface area contributed by atoms with Crippen LogP contribution in [0.1, 0.15) is 21.5 Å². The van der Waals surface area contributed by atoms with Crippen LogP contribution in [0.15, 0.2) is 48.5 Å². The number of alkyl halides is 3. The van der Waals surface area contributed by atoms with E-state index in [1.807, 2.05) is 0 Å². The van der Waals surface area contributed by atoms with Gasteiger partial charge in [0, 0.05) is 11.1 Å². The predicted octanol–water partition coefficient (Wildman–Crippen LogP) is 3.95. The fraction of sp³-hybridized carbons (Fsp3) is 0.133. The van der Waals surface area contributed by atoms with E-state index in [9.17, 15) is 18.0 Å². The molecule has 0 N–H and O–H groups in total. The van der Waals surface area contributed by atoms with E-state index in [1.54, 1.807) is 24.3 Å². The Hall–Kier alpha value is -2.30. The third-order valence-electron chi connectivity index (χ3n) is 2.83. The number of rotatable bonds is 3. The Bertz CT molecular complexity index is 599. The van der Waals surface area contributed by atoms with Crippen molar-refractivity contribution >= 4 is 5.78 Å². The molecule has 0 atom stereocenters. The summed E-state index contributed by atoms with van der Waals surface area (Å²) in [4.78, 5) is 12.1. The fourth-order valence-corrected chi connectivity index (χ4v) is 1.72. The average Bonchev–Trinajstić information content (AvgIpc) is 2.46. The zero-order chi connectivity index (χ0) is 14.8. The molecule has 0 unspecified atom stereocenters. The first-order chi connectivity index (χ1) is 9.41. The van der Waals surface area contributed by atoms with Crippen molar-refractivity contribution in [3.63, 3.8) is 0 Å². The molecular formula is C15H11F3O2. The van der Waals surface area contributed by atoms with Crippen LogP contribution in [0.5, 0.6) is 5.75 Å². The van der Waals surface area contributed by atoms with Crippen molar-refractivity contribution in [2.75, 3.05) is 7.11 Å². The molecule has 2 aromatic rings. The minimum Gasteiger partial charge on any atom is -0.497 e. The standard InChI is InChI=1S/C15H11F3O2/c1-20-13-8-4-11(5-9-13)14(19)10-2-6-12(7-3-10)15(16,17)18/h2-9H,1H3. The zero-order valence-corrected chi connectivity index (χ0v) is 10.6. The van der Waals surface area contributed by atoms with Crippen LogP contribution in [0, 0.1) is 0 Å². The van der Waals surface area contributed by atoms with E-state index in [0.717, 1.165) is 12.1 Å². The molecule has 2 aromatic carbocycles. The number of hydrogen-bond donors (Lipinski definition) is 0. The van der Waals surface area contributed by atoms with Crippen LogP contribution in [0.4, 0.5) is 13.2 Å². The topological polar surface area (TPSA) is 26.3 Å². The largest absolute Gasteiger partial charge is 0.497 e. The molecule has 2 rings (SSSR count). The third kappa shape index (κ3) is 2.99. The van der Waals surface area contributed by atoms with Crippen molar-refractivity contribution in [2.45, 2.75) is 6.18 Å². The third-order valence-corrected chi connectivity index (χ3v) is 2.83. The van der Waals surface area contributed by atoms with E-state index in [-0.39, 0.29) is 11.3 Å². The Labute approximate surface area is 113 Å². The number of carbonyl (C=O) groups is 1. The van der Waals surface area contributed by atoms with E-state index in [4.69, 9.17) is 4.74 Å². The van der Waals surface area contributed by atoms with Crippen molar-refractivity contribution in [1.29, 1.82) is 0 Å². The molecule has 0 heterocycles. The van der Waals surface area contributed by atoms with Crippen LogP contribution in [0.3, 0.4) is 0 Å². The quantitative estimate of drug-likeness (QED) is 0.796. The van der Waals surface area contributed by atoms with E-state index in [1.165, 1.54) is 19.2 Å². The Morgan fingerprint density at radius 1 is 0.900 bits per heavy atom. The highest BCUT2D eigenvalue weighted by Gasteiger charge is 2.30. The first-order valence-corrected chi connectivity index (χ1v) is 5.78. The molecule has 104 valence electrons. The molecule has 0 saturated carbocycles. The number of ether oxygens (including phenoxy) is 1. The smallest absolute Gasteiger partial charge is 0.416 e. The number of hydrogen-bond acceptors (Lipinski definition) is 2. The maximum absolute atomic E-state index is 12.4. The van der Waals surface area contributed by atoms with Gasteiger partial charge < -0.3 is 4.74 Å². The van der Waals surface area contributed by atoms with Gasteiger partial charge in [-0.1, -0.05) is 12.1 Å². The minimum absolute atomic E-state index is 0.211. The van der Waals surface area contributed by atoms with Crippen LogP contribution in [0.2, 0.25) is 0 Å². The summed E-state index contributed by atoms with van der Waals surface area (Å²) in [6, 6.07) is 10.5. The van der Waals surface area contributed by atoms with E-state index in [2.05, 4.69) is 0 Å². The Kier molecular flexibility index (Phi) is 3.79. The van der Waals surface area contributed by atoms with Crippen molar-refractivity contribution < 1.29 is 22.7 Å². The highest BCUT2D eigenvalue weighted by Crippen LogP contribution is 2.29. The highest BCUT2D eigenvalue weighted by molar-refractivity contribution is 6.09. The number of halogens is 3. The molecule has 0 aliphatic carbocycles. The Balaban J connectivity index is 2.24. The highest BCUT2D eigenvalue weighted by atomic mass is 19.4. The molecule has 0 saturated heterocycles. The lowest BCUT2D eigenvalue weighted by Crippen LogP contribution is -2.06. The molecule has 5 heteroatoms. The number of ketones is 1. The molecule has 0 spiro atoms. The molecule has 0 fully saturated rings. The van der Waals surface area contributed by atoms with Gasteiger partial charge in [-0.25, -0.2) is 0 Å². The van der Waals surface area contributed by atoms with Gasteiger partial charge in [0.05, 0.1) is 12.7 Å². The van der Waals surface area contributed by atoms with Gasteiger partial charge in [0.2, 0.25) is 0 Å². The summed E-state index contributed by atoms with van der Waals surface area (Å²) in [7, 11) is 1.51. The van der Waals surface area contributed by atoms with E-state index < -0.39 is 11.7 Å². The summed E-state index contributed by atoms with van der Waals surface area (Å²) in [5.74, 6) is 0.273. The second-order valence-electron chi connectivity index (χ2n) is 4.13. The van der Waals surface area contributed by atoms with E-state index in [0.29, 0.717) is 11.3 Å². The van der Waals surface area contributed by atoms with Crippen LogP contribution >= 0.6 is 0 Å². The molecular weight excluding hydrogens is 269 g/mol. The van der Waals surface area contributed by atoms with Crippen LogP contribution in [-0.4, -0.2) is 12.9 Å². The van der Waals surface area contributed by atoms with Crippen molar-refractivity contribution in [1.82, 2.24) is 0 Å². The molecule has 0 aliphatic rings. The van der Waals surface area contributed by atoms with Gasteiger partial charge in [-0.3, -0.25) is 4.79 Å². The molecule has 2 nitrogen and oxygen atoms in total. The van der Waals surface area contributed by atoms with Gasteiger partial charge in [-0.05, 0) is 36.4 Å². The molecule has 0 radical (unpaired) electrons. The van der Waals surface area contributed by atoms with Crippen LogP contribution < -0.4 is 4.74 Å². The maximum atomic E-state index is 12.4. The van der Waals surface area contributed by atoms with Gasteiger partial charge in [0.25, 0.3) is 0 Å². The zero-order valence-electron chi connectivity index (χ0n) is 10.6. The van der Waals surface area contributed by atoms with Crippen molar-refractivity contribution in [3.05, 3.63) is 65.2 Å². The molecule has 0 aromatic heterocycles. The predicted molar refractivity (Wildman–Crippen MR) is 67.9 cm³/mol. The molecule has 0 bridgehead atoms. The molecule has 0 aliphatic heterocycles. The summed E-state index contributed by atoms with van der Waals surface area (Å²) >= 11 is 0. The monoisotopic (exact) mass is 280 g/mol.